The van der Waals surface area contributed by atoms with Gasteiger partial charge in [-0.05, 0) is 50.1 Å². The van der Waals surface area contributed by atoms with E-state index in [1.54, 1.807) is 0 Å². The third-order valence-electron chi connectivity index (χ3n) is 4.10. The first-order valence-corrected chi connectivity index (χ1v) is 6.95. The largest absolute Gasteiger partial charge is 0.338 e. The Morgan fingerprint density at radius 1 is 1.40 bits per heavy atom. The summed E-state index contributed by atoms with van der Waals surface area (Å²) in [6, 6.07) is 4.79. The molecule has 1 N–H and O–H groups in total. The lowest BCUT2D eigenvalue weighted by Crippen LogP contribution is -2.28. The van der Waals surface area contributed by atoms with Crippen LogP contribution in [0, 0.1) is 12.7 Å². The van der Waals surface area contributed by atoms with E-state index in [1.165, 1.54) is 12.1 Å². The second kappa shape index (κ2) is 4.98. The highest BCUT2D eigenvalue weighted by Gasteiger charge is 2.39. The van der Waals surface area contributed by atoms with Crippen LogP contribution < -0.4 is 5.32 Å². The molecule has 106 valence electrons. The molecule has 1 aromatic carbocycles. The van der Waals surface area contributed by atoms with Gasteiger partial charge in [0.05, 0.1) is 5.41 Å². The molecule has 1 aromatic heterocycles. The highest BCUT2D eigenvalue weighted by molar-refractivity contribution is 5.55. The highest BCUT2D eigenvalue weighted by atomic mass is 19.1. The van der Waals surface area contributed by atoms with Crippen molar-refractivity contribution in [3.63, 3.8) is 0 Å². The molecule has 1 unspecified atom stereocenters. The van der Waals surface area contributed by atoms with Gasteiger partial charge in [-0.15, -0.1) is 0 Å². The van der Waals surface area contributed by atoms with Crippen LogP contribution in [0.5, 0.6) is 0 Å². The lowest BCUT2D eigenvalue weighted by Gasteiger charge is -2.20. The molecule has 1 aliphatic heterocycles. The van der Waals surface area contributed by atoms with Crippen LogP contribution in [0.4, 0.5) is 4.39 Å². The molecule has 0 saturated carbocycles. The van der Waals surface area contributed by atoms with Gasteiger partial charge >= 0.3 is 0 Å². The molecule has 3 rings (SSSR count). The minimum Gasteiger partial charge on any atom is -0.338 e. The van der Waals surface area contributed by atoms with Gasteiger partial charge in [0, 0.05) is 12.1 Å². The fourth-order valence-electron chi connectivity index (χ4n) is 2.80. The third-order valence-corrected chi connectivity index (χ3v) is 4.10. The molecule has 1 aliphatic rings. The first-order chi connectivity index (χ1) is 9.63. The number of rotatable bonds is 3. The Bertz CT molecular complexity index is 597. The second-order valence-electron chi connectivity index (χ2n) is 5.50. The Kier molecular flexibility index (Phi) is 3.30. The maximum absolute atomic E-state index is 13.5. The number of nitrogens with one attached hydrogen (secondary N) is 1. The molecule has 1 atom stereocenters. The van der Waals surface area contributed by atoms with Crippen LogP contribution in [0.1, 0.15) is 31.2 Å². The predicted octanol–water partition coefficient (Wildman–Crippen LogP) is 2.83. The predicted molar refractivity (Wildman–Crippen MR) is 73.9 cm³/mol. The Morgan fingerprint density at radius 2 is 2.25 bits per heavy atom. The molecule has 0 aliphatic carbocycles. The summed E-state index contributed by atoms with van der Waals surface area (Å²) in [7, 11) is 0. The van der Waals surface area contributed by atoms with E-state index >= 15 is 0 Å². The van der Waals surface area contributed by atoms with E-state index in [0.29, 0.717) is 17.3 Å². The van der Waals surface area contributed by atoms with Crippen LogP contribution in [-0.4, -0.2) is 23.2 Å². The summed E-state index contributed by atoms with van der Waals surface area (Å²) in [6.07, 6.45) is 1.94. The number of hydrogen-bond donors (Lipinski definition) is 1. The van der Waals surface area contributed by atoms with Crippen molar-refractivity contribution < 1.29 is 8.91 Å². The average Bonchev–Trinajstić information content (AvgIpc) is 3.07. The summed E-state index contributed by atoms with van der Waals surface area (Å²) in [5.41, 5.74) is 1.43. The van der Waals surface area contributed by atoms with E-state index in [-0.39, 0.29) is 11.2 Å². The quantitative estimate of drug-likeness (QED) is 0.935. The van der Waals surface area contributed by atoms with Gasteiger partial charge in [0.2, 0.25) is 11.7 Å². The Labute approximate surface area is 117 Å². The first-order valence-electron chi connectivity index (χ1n) is 6.95. The minimum atomic E-state index is -0.279. The van der Waals surface area contributed by atoms with Crippen molar-refractivity contribution in [2.75, 3.05) is 13.1 Å². The van der Waals surface area contributed by atoms with Gasteiger partial charge in [0.25, 0.3) is 0 Å². The van der Waals surface area contributed by atoms with Crippen LogP contribution >= 0.6 is 0 Å². The highest BCUT2D eigenvalue weighted by Crippen LogP contribution is 2.34. The molecular weight excluding hydrogens is 257 g/mol. The van der Waals surface area contributed by atoms with Crippen molar-refractivity contribution >= 4 is 0 Å². The fourth-order valence-corrected chi connectivity index (χ4v) is 2.80. The molecule has 0 radical (unpaired) electrons. The van der Waals surface area contributed by atoms with E-state index in [9.17, 15) is 4.39 Å². The molecule has 1 fully saturated rings. The lowest BCUT2D eigenvalue weighted by molar-refractivity contribution is 0.285. The summed E-state index contributed by atoms with van der Waals surface area (Å²) in [6.45, 7) is 5.79. The Hall–Kier alpha value is -1.75. The molecule has 0 spiro atoms. The molecule has 0 amide bonds. The zero-order chi connectivity index (χ0) is 14.2. The molecule has 0 bridgehead atoms. The Balaban J connectivity index is 1.97. The van der Waals surface area contributed by atoms with Crippen LogP contribution in [-0.2, 0) is 5.41 Å². The van der Waals surface area contributed by atoms with Crippen molar-refractivity contribution in [3.05, 3.63) is 35.5 Å². The smallest absolute Gasteiger partial charge is 0.234 e. The van der Waals surface area contributed by atoms with Crippen molar-refractivity contribution in [1.29, 1.82) is 0 Å². The van der Waals surface area contributed by atoms with E-state index in [2.05, 4.69) is 22.4 Å². The topological polar surface area (TPSA) is 51.0 Å². The number of halogens is 1. The average molecular weight is 275 g/mol. The summed E-state index contributed by atoms with van der Waals surface area (Å²) in [4.78, 5) is 4.50. The Morgan fingerprint density at radius 3 is 2.90 bits per heavy atom. The van der Waals surface area contributed by atoms with Crippen molar-refractivity contribution in [2.24, 2.45) is 0 Å². The fraction of sp³-hybridized carbons (Fsp3) is 0.467. The van der Waals surface area contributed by atoms with Gasteiger partial charge in [-0.1, -0.05) is 12.1 Å². The van der Waals surface area contributed by atoms with Crippen LogP contribution in [0.2, 0.25) is 0 Å². The normalized spacial score (nSPS) is 22.4. The third kappa shape index (κ3) is 2.22. The summed E-state index contributed by atoms with van der Waals surface area (Å²) >= 11 is 0. The molecule has 20 heavy (non-hydrogen) atoms. The molecule has 4 nitrogen and oxygen atoms in total. The zero-order valence-electron chi connectivity index (χ0n) is 11.7. The summed E-state index contributed by atoms with van der Waals surface area (Å²) in [5.74, 6) is 0.836. The first kappa shape index (κ1) is 13.2. The van der Waals surface area contributed by atoms with Crippen LogP contribution in [0.25, 0.3) is 11.4 Å². The molecular formula is C15H18FN3O. The number of hydrogen-bond acceptors (Lipinski definition) is 4. The van der Waals surface area contributed by atoms with Gasteiger partial charge < -0.3 is 9.84 Å². The monoisotopic (exact) mass is 275 g/mol. The molecule has 5 heteroatoms. The van der Waals surface area contributed by atoms with E-state index in [4.69, 9.17) is 4.52 Å². The molecule has 1 saturated heterocycles. The zero-order valence-corrected chi connectivity index (χ0v) is 11.7. The summed E-state index contributed by atoms with van der Waals surface area (Å²) in [5, 5.41) is 7.37. The van der Waals surface area contributed by atoms with Gasteiger partial charge in [0.15, 0.2) is 0 Å². The van der Waals surface area contributed by atoms with Crippen molar-refractivity contribution in [1.82, 2.24) is 15.5 Å². The van der Waals surface area contributed by atoms with Gasteiger partial charge in [0.1, 0.15) is 5.82 Å². The number of nitrogens with zero attached hydrogens (tertiary/aromatic N) is 2. The SMILES string of the molecule is CCC1(c2nc(-c3cc(C)cc(F)c3)no2)CCNC1. The number of aromatic nitrogens is 2. The molecule has 2 heterocycles. The molecule has 2 aromatic rings. The summed E-state index contributed by atoms with van der Waals surface area (Å²) < 4.78 is 18.9. The maximum atomic E-state index is 13.5. The van der Waals surface area contributed by atoms with Gasteiger partial charge in [-0.25, -0.2) is 4.39 Å². The van der Waals surface area contributed by atoms with Crippen LogP contribution in [0.3, 0.4) is 0 Å². The van der Waals surface area contributed by atoms with E-state index in [1.807, 2.05) is 13.0 Å². The van der Waals surface area contributed by atoms with Crippen molar-refractivity contribution in [3.8, 4) is 11.4 Å². The standard InChI is InChI=1S/C15H18FN3O/c1-3-15(4-5-17-9-15)14-18-13(19-20-14)11-6-10(2)7-12(16)8-11/h6-8,17H,3-5,9H2,1-2H3. The van der Waals surface area contributed by atoms with Crippen LogP contribution in [0.15, 0.2) is 22.7 Å². The van der Waals surface area contributed by atoms with Crippen molar-refractivity contribution in [2.45, 2.75) is 32.1 Å². The lowest BCUT2D eigenvalue weighted by atomic mass is 9.84. The number of aryl methyl sites for hydroxylation is 1. The number of benzene rings is 1. The minimum absolute atomic E-state index is 0.0758. The van der Waals surface area contributed by atoms with E-state index < -0.39 is 0 Å². The van der Waals surface area contributed by atoms with Gasteiger partial charge in [-0.2, -0.15) is 4.98 Å². The maximum Gasteiger partial charge on any atom is 0.234 e. The van der Waals surface area contributed by atoms with E-state index in [0.717, 1.165) is 31.5 Å². The van der Waals surface area contributed by atoms with Gasteiger partial charge in [-0.3, -0.25) is 0 Å². The second-order valence-corrected chi connectivity index (χ2v) is 5.50.